The second-order valence-electron chi connectivity index (χ2n) is 3.89. The predicted octanol–water partition coefficient (Wildman–Crippen LogP) is 1.16. The van der Waals surface area contributed by atoms with E-state index in [-0.39, 0.29) is 5.69 Å². The van der Waals surface area contributed by atoms with Crippen LogP contribution in [0.4, 0.5) is 14.5 Å². The van der Waals surface area contributed by atoms with E-state index < -0.39 is 29.1 Å². The molecule has 0 aliphatic rings. The minimum absolute atomic E-state index is 0.293. The first-order valence-corrected chi connectivity index (χ1v) is 5.40. The molecule has 6 nitrogen and oxygen atoms in total. The van der Waals surface area contributed by atoms with Crippen molar-refractivity contribution in [1.29, 1.82) is 0 Å². The molecule has 0 aliphatic heterocycles. The molecule has 1 unspecified atom stereocenters. The third-order valence-corrected chi connectivity index (χ3v) is 2.54. The molecule has 19 heavy (non-hydrogen) atoms. The SMILES string of the molecule is CC(NC(=O)c1c(F)ccc(N)c1F)c1ncn[nH]1. The molecule has 100 valence electrons. The van der Waals surface area contributed by atoms with Crippen LogP contribution in [0.5, 0.6) is 0 Å². The maximum Gasteiger partial charge on any atom is 0.257 e. The van der Waals surface area contributed by atoms with Gasteiger partial charge in [0.1, 0.15) is 23.5 Å². The first kappa shape index (κ1) is 12.9. The highest BCUT2D eigenvalue weighted by molar-refractivity contribution is 5.95. The fourth-order valence-corrected chi connectivity index (χ4v) is 1.54. The topological polar surface area (TPSA) is 96.7 Å². The molecule has 2 aromatic rings. The van der Waals surface area contributed by atoms with Crippen LogP contribution in [0.15, 0.2) is 18.5 Å². The predicted molar refractivity (Wildman–Crippen MR) is 63.0 cm³/mol. The molecular formula is C11H11F2N5O. The van der Waals surface area contributed by atoms with Gasteiger partial charge in [0.05, 0.1) is 11.7 Å². The maximum atomic E-state index is 13.6. The van der Waals surface area contributed by atoms with E-state index in [1.54, 1.807) is 6.92 Å². The number of halogens is 2. The molecule has 2 rings (SSSR count). The van der Waals surface area contributed by atoms with Gasteiger partial charge in [0, 0.05) is 0 Å². The van der Waals surface area contributed by atoms with Crippen LogP contribution in [0.25, 0.3) is 0 Å². The summed E-state index contributed by atoms with van der Waals surface area (Å²) in [5.41, 5.74) is 4.29. The van der Waals surface area contributed by atoms with Crippen molar-refractivity contribution in [2.24, 2.45) is 0 Å². The number of hydrogen-bond donors (Lipinski definition) is 3. The summed E-state index contributed by atoms with van der Waals surface area (Å²) >= 11 is 0. The molecular weight excluding hydrogens is 256 g/mol. The summed E-state index contributed by atoms with van der Waals surface area (Å²) in [5, 5.41) is 8.56. The fraction of sp³-hybridized carbons (Fsp3) is 0.182. The quantitative estimate of drug-likeness (QED) is 0.727. The highest BCUT2D eigenvalue weighted by atomic mass is 19.1. The Morgan fingerprint density at radius 2 is 2.21 bits per heavy atom. The molecule has 0 aliphatic carbocycles. The van der Waals surface area contributed by atoms with Crippen LogP contribution >= 0.6 is 0 Å². The van der Waals surface area contributed by atoms with Gasteiger partial charge in [-0.2, -0.15) is 5.10 Å². The molecule has 1 aromatic carbocycles. The number of nitrogens with two attached hydrogens (primary N) is 1. The molecule has 1 heterocycles. The molecule has 0 spiro atoms. The smallest absolute Gasteiger partial charge is 0.257 e. The lowest BCUT2D eigenvalue weighted by Crippen LogP contribution is -2.29. The van der Waals surface area contributed by atoms with Crippen molar-refractivity contribution in [3.8, 4) is 0 Å². The van der Waals surface area contributed by atoms with Gasteiger partial charge in [-0.3, -0.25) is 9.89 Å². The van der Waals surface area contributed by atoms with Crippen LogP contribution in [0.2, 0.25) is 0 Å². The zero-order chi connectivity index (χ0) is 14.0. The summed E-state index contributed by atoms with van der Waals surface area (Å²) in [6.07, 6.45) is 1.26. The zero-order valence-corrected chi connectivity index (χ0v) is 9.95. The van der Waals surface area contributed by atoms with Gasteiger partial charge in [0.15, 0.2) is 5.82 Å². The van der Waals surface area contributed by atoms with Crippen LogP contribution in [0.3, 0.4) is 0 Å². The molecule has 8 heteroatoms. The summed E-state index contributed by atoms with van der Waals surface area (Å²) < 4.78 is 27.1. The van der Waals surface area contributed by atoms with Crippen molar-refractivity contribution in [3.05, 3.63) is 41.5 Å². The fourth-order valence-electron chi connectivity index (χ4n) is 1.54. The number of nitrogens with zero attached hydrogens (tertiary/aromatic N) is 2. The minimum atomic E-state index is -1.08. The van der Waals surface area contributed by atoms with E-state index in [9.17, 15) is 13.6 Å². The second kappa shape index (κ2) is 5.01. The first-order chi connectivity index (χ1) is 9.00. The first-order valence-electron chi connectivity index (χ1n) is 5.40. The van der Waals surface area contributed by atoms with Gasteiger partial charge >= 0.3 is 0 Å². The number of carbonyl (C=O) groups is 1. The average molecular weight is 267 g/mol. The number of H-pyrrole nitrogens is 1. The Labute approximate surface area is 107 Å². The van der Waals surface area contributed by atoms with Gasteiger partial charge in [-0.25, -0.2) is 13.8 Å². The second-order valence-corrected chi connectivity index (χ2v) is 3.89. The number of benzene rings is 1. The largest absolute Gasteiger partial charge is 0.396 e. The molecule has 1 amide bonds. The summed E-state index contributed by atoms with van der Waals surface area (Å²) in [5.74, 6) is -2.60. The number of aromatic nitrogens is 3. The van der Waals surface area contributed by atoms with E-state index in [4.69, 9.17) is 5.73 Å². The Morgan fingerprint density at radius 3 is 2.84 bits per heavy atom. The van der Waals surface area contributed by atoms with Crippen LogP contribution in [0, 0.1) is 11.6 Å². The standard InChI is InChI=1S/C11H11F2N5O/c1-5(10-15-4-16-18-10)17-11(19)8-6(12)2-3-7(14)9(8)13/h2-5H,14H2,1H3,(H,17,19)(H,15,16,18). The maximum absolute atomic E-state index is 13.6. The Hall–Kier alpha value is -2.51. The number of aromatic amines is 1. The van der Waals surface area contributed by atoms with Crippen molar-refractivity contribution in [3.63, 3.8) is 0 Å². The van der Waals surface area contributed by atoms with Gasteiger partial charge in [0.25, 0.3) is 5.91 Å². The van der Waals surface area contributed by atoms with Gasteiger partial charge in [-0.05, 0) is 19.1 Å². The molecule has 4 N–H and O–H groups in total. The van der Waals surface area contributed by atoms with Gasteiger partial charge in [-0.15, -0.1) is 0 Å². The van der Waals surface area contributed by atoms with E-state index in [1.165, 1.54) is 6.33 Å². The number of anilines is 1. The summed E-state index contributed by atoms with van der Waals surface area (Å²) in [6.45, 7) is 1.60. The average Bonchev–Trinajstić information content (AvgIpc) is 2.88. The third-order valence-electron chi connectivity index (χ3n) is 2.54. The van der Waals surface area contributed by atoms with E-state index >= 15 is 0 Å². The molecule has 0 radical (unpaired) electrons. The minimum Gasteiger partial charge on any atom is -0.396 e. The summed E-state index contributed by atoms with van der Waals surface area (Å²) in [4.78, 5) is 15.7. The normalized spacial score (nSPS) is 12.2. The zero-order valence-electron chi connectivity index (χ0n) is 9.95. The van der Waals surface area contributed by atoms with Crippen molar-refractivity contribution >= 4 is 11.6 Å². The highest BCUT2D eigenvalue weighted by Crippen LogP contribution is 2.19. The molecule has 0 fully saturated rings. The number of rotatable bonds is 3. The number of carbonyl (C=O) groups excluding carboxylic acids is 1. The molecule has 0 saturated carbocycles. The molecule has 0 bridgehead atoms. The van der Waals surface area contributed by atoms with Crippen LogP contribution < -0.4 is 11.1 Å². The third kappa shape index (κ3) is 2.51. The van der Waals surface area contributed by atoms with Crippen molar-refractivity contribution in [2.75, 3.05) is 5.73 Å². The lowest BCUT2D eigenvalue weighted by molar-refractivity contribution is 0.0930. The van der Waals surface area contributed by atoms with Gasteiger partial charge < -0.3 is 11.1 Å². The van der Waals surface area contributed by atoms with Crippen LogP contribution in [-0.2, 0) is 0 Å². The number of hydrogen-bond acceptors (Lipinski definition) is 4. The lowest BCUT2D eigenvalue weighted by Gasteiger charge is -2.12. The lowest BCUT2D eigenvalue weighted by atomic mass is 10.1. The number of amides is 1. The highest BCUT2D eigenvalue weighted by Gasteiger charge is 2.22. The van der Waals surface area contributed by atoms with E-state index in [0.29, 0.717) is 5.82 Å². The van der Waals surface area contributed by atoms with Gasteiger partial charge in [-0.1, -0.05) is 0 Å². The van der Waals surface area contributed by atoms with E-state index in [1.807, 2.05) is 0 Å². The van der Waals surface area contributed by atoms with Crippen LogP contribution in [-0.4, -0.2) is 21.1 Å². The number of nitrogen functional groups attached to an aromatic ring is 1. The Kier molecular flexibility index (Phi) is 3.41. The molecule has 1 aromatic heterocycles. The van der Waals surface area contributed by atoms with Crippen molar-refractivity contribution in [1.82, 2.24) is 20.5 Å². The molecule has 1 atom stereocenters. The summed E-state index contributed by atoms with van der Waals surface area (Å²) in [6, 6.07) is 1.42. The Bertz CT molecular complexity index is 599. The number of nitrogens with one attached hydrogen (secondary N) is 2. The monoisotopic (exact) mass is 267 g/mol. The summed E-state index contributed by atoms with van der Waals surface area (Å²) in [7, 11) is 0. The van der Waals surface area contributed by atoms with Gasteiger partial charge in [0.2, 0.25) is 0 Å². The van der Waals surface area contributed by atoms with E-state index in [2.05, 4.69) is 20.5 Å². The van der Waals surface area contributed by atoms with Crippen molar-refractivity contribution < 1.29 is 13.6 Å². The van der Waals surface area contributed by atoms with E-state index in [0.717, 1.165) is 12.1 Å². The van der Waals surface area contributed by atoms with Crippen molar-refractivity contribution in [2.45, 2.75) is 13.0 Å². The Morgan fingerprint density at radius 1 is 1.47 bits per heavy atom. The van der Waals surface area contributed by atoms with Crippen LogP contribution in [0.1, 0.15) is 29.1 Å². The Balaban J connectivity index is 2.23. The molecule has 0 saturated heterocycles.